The van der Waals surface area contributed by atoms with E-state index in [0.29, 0.717) is 13.0 Å². The number of nitrogens with zero attached hydrogens (tertiary/aromatic N) is 2. The average molecular weight is 411 g/mol. The molecule has 2 aromatic rings. The van der Waals surface area contributed by atoms with Crippen LogP contribution in [0.4, 0.5) is 4.79 Å². The molecule has 1 aliphatic heterocycles. The van der Waals surface area contributed by atoms with Gasteiger partial charge in [0.25, 0.3) is 0 Å². The zero-order chi connectivity index (χ0) is 21.6. The maximum Gasteiger partial charge on any atom is 0.544 e. The fraction of sp³-hybridized carbons (Fsp3) is 0.417. The van der Waals surface area contributed by atoms with E-state index in [9.17, 15) is 9.59 Å². The average Bonchev–Trinajstić information content (AvgIpc) is 2.78. The SMILES string of the molecule is CN(C)[N+](C)(C(=O)OCc1ccccc1)C(=O)[C@@]1(Cc2ccccc2)CCCNC1. The Hall–Kier alpha value is -2.54. The van der Waals surface area contributed by atoms with Gasteiger partial charge in [-0.05, 0) is 36.9 Å². The van der Waals surface area contributed by atoms with Crippen LogP contribution < -0.4 is 5.32 Å². The monoisotopic (exact) mass is 410 g/mol. The molecule has 2 aromatic carbocycles. The second kappa shape index (κ2) is 9.51. The van der Waals surface area contributed by atoms with Gasteiger partial charge in [0.1, 0.15) is 19.1 Å². The van der Waals surface area contributed by atoms with Crippen molar-refractivity contribution in [2.24, 2.45) is 5.41 Å². The molecule has 2 amide bonds. The van der Waals surface area contributed by atoms with Crippen molar-refractivity contribution in [2.45, 2.75) is 25.9 Å². The Balaban J connectivity index is 1.87. The number of nitrogens with one attached hydrogen (secondary N) is 1. The number of hydrogen-bond acceptors (Lipinski definition) is 5. The lowest BCUT2D eigenvalue weighted by atomic mass is 9.74. The van der Waals surface area contributed by atoms with Crippen LogP contribution in [0.15, 0.2) is 60.7 Å². The molecular weight excluding hydrogens is 378 g/mol. The summed E-state index contributed by atoms with van der Waals surface area (Å²) in [4.78, 5) is 27.3. The molecule has 1 unspecified atom stereocenters. The fourth-order valence-electron chi connectivity index (χ4n) is 4.10. The molecule has 1 fully saturated rings. The van der Waals surface area contributed by atoms with Crippen LogP contribution >= 0.6 is 0 Å². The first-order valence-electron chi connectivity index (χ1n) is 10.4. The number of carbonyl (C=O) groups is 2. The summed E-state index contributed by atoms with van der Waals surface area (Å²) in [6.07, 6.45) is 1.66. The molecule has 0 saturated carbocycles. The molecule has 1 N–H and O–H groups in total. The summed E-state index contributed by atoms with van der Waals surface area (Å²) in [5.41, 5.74) is 1.31. The Morgan fingerprint density at radius 1 is 1.03 bits per heavy atom. The zero-order valence-electron chi connectivity index (χ0n) is 18.1. The number of piperidine rings is 1. The van der Waals surface area contributed by atoms with Gasteiger partial charge >= 0.3 is 12.0 Å². The van der Waals surface area contributed by atoms with Crippen molar-refractivity contribution < 1.29 is 18.9 Å². The molecule has 0 radical (unpaired) electrons. The van der Waals surface area contributed by atoms with Crippen molar-refractivity contribution in [3.63, 3.8) is 0 Å². The minimum absolute atomic E-state index is 0.137. The van der Waals surface area contributed by atoms with E-state index < -0.39 is 16.1 Å². The Bertz CT molecular complexity index is 849. The van der Waals surface area contributed by atoms with Gasteiger partial charge in [0, 0.05) is 20.6 Å². The lowest BCUT2D eigenvalue weighted by Crippen LogP contribution is -2.68. The summed E-state index contributed by atoms with van der Waals surface area (Å²) in [5.74, 6) is -0.137. The van der Waals surface area contributed by atoms with Crippen LogP contribution in [-0.2, 0) is 22.6 Å². The first kappa shape index (κ1) is 22.2. The van der Waals surface area contributed by atoms with Gasteiger partial charge in [-0.1, -0.05) is 65.3 Å². The summed E-state index contributed by atoms with van der Waals surface area (Å²) in [6.45, 7) is 1.57. The standard InChI is InChI=1S/C24H32N3O3/c1-26(2)27(3,23(29)30-18-21-13-8-5-9-14-21)22(28)24(15-10-16-25-19-24)17-20-11-6-4-7-12-20/h4-9,11-14,25H,10,15-19H2,1-3H3/q+1/t24-,27?/m1/s1. The Labute approximate surface area is 179 Å². The van der Waals surface area contributed by atoms with Crippen molar-refractivity contribution in [3.8, 4) is 0 Å². The predicted octanol–water partition coefficient (Wildman–Crippen LogP) is 3.39. The van der Waals surface area contributed by atoms with E-state index in [1.165, 1.54) is 0 Å². The molecule has 6 nitrogen and oxygen atoms in total. The molecular formula is C24H32N3O3+. The van der Waals surface area contributed by atoms with Crippen LogP contribution in [0.25, 0.3) is 0 Å². The van der Waals surface area contributed by atoms with E-state index in [1.54, 1.807) is 26.2 Å². The highest BCUT2D eigenvalue weighted by molar-refractivity contribution is 5.85. The van der Waals surface area contributed by atoms with Crippen molar-refractivity contribution in [1.82, 2.24) is 10.3 Å². The first-order valence-corrected chi connectivity index (χ1v) is 10.4. The molecule has 30 heavy (non-hydrogen) atoms. The second-order valence-corrected chi connectivity index (χ2v) is 8.37. The molecule has 0 spiro atoms. The number of amides is 2. The van der Waals surface area contributed by atoms with Gasteiger partial charge in [-0.3, -0.25) is 0 Å². The molecule has 0 aromatic heterocycles. The van der Waals surface area contributed by atoms with E-state index in [0.717, 1.165) is 30.5 Å². The maximum absolute atomic E-state index is 14.0. The molecule has 1 heterocycles. The molecule has 0 aliphatic carbocycles. The summed E-state index contributed by atoms with van der Waals surface area (Å²) in [7, 11) is 5.12. The number of rotatable bonds is 6. The summed E-state index contributed by atoms with van der Waals surface area (Å²) in [6, 6.07) is 19.5. The largest absolute Gasteiger partial charge is 0.544 e. The van der Waals surface area contributed by atoms with Gasteiger partial charge in [-0.15, -0.1) is 5.01 Å². The van der Waals surface area contributed by atoms with E-state index in [2.05, 4.69) is 5.32 Å². The normalized spacial score (nSPS) is 21.1. The minimum atomic E-state index is -0.676. The lowest BCUT2D eigenvalue weighted by Gasteiger charge is -2.42. The van der Waals surface area contributed by atoms with Crippen molar-refractivity contribution in [2.75, 3.05) is 34.2 Å². The molecule has 160 valence electrons. The van der Waals surface area contributed by atoms with Crippen LogP contribution in [0.1, 0.15) is 24.0 Å². The van der Waals surface area contributed by atoms with Crippen LogP contribution in [-0.4, -0.2) is 55.8 Å². The number of hydrogen-bond donors (Lipinski definition) is 1. The van der Waals surface area contributed by atoms with Crippen LogP contribution in [0.5, 0.6) is 0 Å². The Morgan fingerprint density at radius 2 is 1.63 bits per heavy atom. The summed E-state index contributed by atoms with van der Waals surface area (Å²) >= 11 is 0. The van der Waals surface area contributed by atoms with Crippen LogP contribution in [0, 0.1) is 5.41 Å². The molecule has 1 saturated heterocycles. The van der Waals surface area contributed by atoms with E-state index in [1.807, 2.05) is 60.7 Å². The third-order valence-corrected chi connectivity index (χ3v) is 6.07. The smallest absolute Gasteiger partial charge is 0.413 e. The van der Waals surface area contributed by atoms with Crippen LogP contribution in [0.2, 0.25) is 0 Å². The maximum atomic E-state index is 14.0. The summed E-state index contributed by atoms with van der Waals surface area (Å²) in [5, 5.41) is 5.02. The van der Waals surface area contributed by atoms with Crippen molar-refractivity contribution >= 4 is 12.0 Å². The number of imide groups is 1. The molecule has 2 atom stereocenters. The van der Waals surface area contributed by atoms with Crippen molar-refractivity contribution in [1.29, 1.82) is 0 Å². The van der Waals surface area contributed by atoms with Gasteiger partial charge in [0.15, 0.2) is 0 Å². The van der Waals surface area contributed by atoms with E-state index in [-0.39, 0.29) is 12.5 Å². The third kappa shape index (κ3) is 4.61. The third-order valence-electron chi connectivity index (χ3n) is 6.07. The highest BCUT2D eigenvalue weighted by atomic mass is 16.6. The lowest BCUT2D eigenvalue weighted by molar-refractivity contribution is -0.882. The molecule has 6 heteroatoms. The van der Waals surface area contributed by atoms with Crippen LogP contribution in [0.3, 0.4) is 0 Å². The van der Waals surface area contributed by atoms with E-state index in [4.69, 9.17) is 4.74 Å². The number of benzene rings is 2. The second-order valence-electron chi connectivity index (χ2n) is 8.37. The number of carbonyl (C=O) groups excluding carboxylic acids is 2. The van der Waals surface area contributed by atoms with Gasteiger partial charge < -0.3 is 10.1 Å². The topological polar surface area (TPSA) is 58.6 Å². The Morgan fingerprint density at radius 3 is 2.17 bits per heavy atom. The van der Waals surface area contributed by atoms with Gasteiger partial charge in [0.2, 0.25) is 0 Å². The Kier molecular flexibility index (Phi) is 7.02. The number of ether oxygens (including phenoxy) is 1. The molecule has 0 bridgehead atoms. The minimum Gasteiger partial charge on any atom is -0.413 e. The molecule has 3 rings (SSSR count). The quantitative estimate of drug-likeness (QED) is 0.584. The van der Waals surface area contributed by atoms with Gasteiger partial charge in [0.05, 0.1) is 0 Å². The highest BCUT2D eigenvalue weighted by Crippen LogP contribution is 2.36. The van der Waals surface area contributed by atoms with Gasteiger partial charge in [-0.25, -0.2) is 4.79 Å². The van der Waals surface area contributed by atoms with Crippen molar-refractivity contribution in [3.05, 3.63) is 71.8 Å². The number of quaternary nitrogens is 1. The van der Waals surface area contributed by atoms with E-state index >= 15 is 0 Å². The zero-order valence-corrected chi connectivity index (χ0v) is 18.1. The first-order chi connectivity index (χ1) is 14.4. The predicted molar refractivity (Wildman–Crippen MR) is 116 cm³/mol. The highest BCUT2D eigenvalue weighted by Gasteiger charge is 2.56. The fourth-order valence-corrected chi connectivity index (χ4v) is 4.10. The van der Waals surface area contributed by atoms with Gasteiger partial charge in [-0.2, -0.15) is 4.79 Å². The molecule has 1 aliphatic rings. The summed E-state index contributed by atoms with van der Waals surface area (Å²) < 4.78 is 5.09.